The van der Waals surface area contributed by atoms with E-state index in [2.05, 4.69) is 61.8 Å². The van der Waals surface area contributed by atoms with Crippen molar-refractivity contribution in [2.45, 2.75) is 38.8 Å². The van der Waals surface area contributed by atoms with E-state index >= 15 is 0 Å². The molecule has 2 aromatic carbocycles. The first-order chi connectivity index (χ1) is 14.7. The van der Waals surface area contributed by atoms with Crippen LogP contribution < -0.4 is 19.7 Å². The SMILES string of the molecule is C=C(C)COc1ccc(/C=C/[C@@]23NC(=O)CN2c2ccc(C)cc2C3(C)C)cc1OC. The minimum Gasteiger partial charge on any atom is -0.493 e. The zero-order chi connectivity index (χ0) is 22.4. The van der Waals surface area contributed by atoms with Crippen molar-refractivity contribution in [3.63, 3.8) is 0 Å². The van der Waals surface area contributed by atoms with E-state index in [0.29, 0.717) is 24.7 Å². The number of rotatable bonds is 6. The fourth-order valence-electron chi connectivity index (χ4n) is 4.61. The van der Waals surface area contributed by atoms with Crippen LogP contribution >= 0.6 is 0 Å². The highest BCUT2D eigenvalue weighted by atomic mass is 16.5. The monoisotopic (exact) mass is 418 g/mol. The third kappa shape index (κ3) is 3.38. The molecule has 1 saturated heterocycles. The smallest absolute Gasteiger partial charge is 0.241 e. The number of hydrogen-bond donors (Lipinski definition) is 1. The molecule has 2 aromatic rings. The van der Waals surface area contributed by atoms with Crippen LogP contribution in [0.1, 0.15) is 37.5 Å². The van der Waals surface area contributed by atoms with E-state index < -0.39 is 5.66 Å². The van der Waals surface area contributed by atoms with E-state index in [4.69, 9.17) is 9.47 Å². The predicted octanol–water partition coefficient (Wildman–Crippen LogP) is 4.60. The first-order valence-corrected chi connectivity index (χ1v) is 10.5. The van der Waals surface area contributed by atoms with Gasteiger partial charge in [-0.1, -0.05) is 50.3 Å². The summed E-state index contributed by atoms with van der Waals surface area (Å²) in [6.07, 6.45) is 4.15. The third-order valence-corrected chi connectivity index (χ3v) is 6.31. The summed E-state index contributed by atoms with van der Waals surface area (Å²) in [5, 5.41) is 3.26. The van der Waals surface area contributed by atoms with Crippen molar-refractivity contribution in [3.8, 4) is 11.5 Å². The summed E-state index contributed by atoms with van der Waals surface area (Å²) in [6.45, 7) is 13.1. The molecule has 2 aliphatic rings. The van der Waals surface area contributed by atoms with E-state index in [9.17, 15) is 4.79 Å². The van der Waals surface area contributed by atoms with Crippen LogP contribution in [0.25, 0.3) is 6.08 Å². The Morgan fingerprint density at radius 2 is 2.00 bits per heavy atom. The Bertz CT molecular complexity index is 1090. The minimum absolute atomic E-state index is 0.0325. The second kappa shape index (κ2) is 7.49. The Morgan fingerprint density at radius 3 is 2.71 bits per heavy atom. The van der Waals surface area contributed by atoms with Crippen molar-refractivity contribution < 1.29 is 14.3 Å². The van der Waals surface area contributed by atoms with Gasteiger partial charge in [0.05, 0.1) is 13.7 Å². The molecule has 1 atom stereocenters. The predicted molar refractivity (Wildman–Crippen MR) is 125 cm³/mol. The maximum absolute atomic E-state index is 12.5. The summed E-state index contributed by atoms with van der Waals surface area (Å²) >= 11 is 0. The molecule has 5 nitrogen and oxygen atoms in total. The van der Waals surface area contributed by atoms with E-state index in [1.54, 1.807) is 7.11 Å². The largest absolute Gasteiger partial charge is 0.493 e. The van der Waals surface area contributed by atoms with Gasteiger partial charge in [-0.05, 0) is 54.8 Å². The number of amides is 1. The second-order valence-electron chi connectivity index (χ2n) is 9.04. The number of nitrogens with one attached hydrogen (secondary N) is 1. The van der Waals surface area contributed by atoms with Crippen LogP contribution in [-0.2, 0) is 10.2 Å². The molecule has 1 N–H and O–H groups in total. The molecule has 0 aliphatic carbocycles. The molecule has 0 saturated carbocycles. The Hall–Kier alpha value is -3.21. The van der Waals surface area contributed by atoms with Gasteiger partial charge in [0.25, 0.3) is 0 Å². The van der Waals surface area contributed by atoms with E-state index in [-0.39, 0.29) is 11.3 Å². The van der Waals surface area contributed by atoms with Crippen molar-refractivity contribution >= 4 is 17.7 Å². The minimum atomic E-state index is -0.622. The molecule has 2 heterocycles. The van der Waals surface area contributed by atoms with Gasteiger partial charge >= 0.3 is 0 Å². The number of hydrogen-bond acceptors (Lipinski definition) is 4. The summed E-state index contributed by atoms with van der Waals surface area (Å²) in [4.78, 5) is 14.7. The highest BCUT2D eigenvalue weighted by molar-refractivity contribution is 5.91. The van der Waals surface area contributed by atoms with Gasteiger partial charge in [0, 0.05) is 11.1 Å². The quantitative estimate of drug-likeness (QED) is 0.697. The fourth-order valence-corrected chi connectivity index (χ4v) is 4.61. The molecule has 0 bridgehead atoms. The van der Waals surface area contributed by atoms with Gasteiger partial charge in [-0.15, -0.1) is 0 Å². The van der Waals surface area contributed by atoms with Crippen molar-refractivity contribution in [3.05, 3.63) is 71.3 Å². The van der Waals surface area contributed by atoms with Gasteiger partial charge in [-0.25, -0.2) is 0 Å². The van der Waals surface area contributed by atoms with Crippen LogP contribution in [0.15, 0.2) is 54.6 Å². The average Bonchev–Trinajstić information content (AvgIpc) is 3.15. The molecule has 0 unspecified atom stereocenters. The van der Waals surface area contributed by atoms with Crippen LogP contribution in [0.2, 0.25) is 0 Å². The number of nitrogens with zero attached hydrogens (tertiary/aromatic N) is 1. The van der Waals surface area contributed by atoms with Gasteiger partial charge in [0.15, 0.2) is 11.5 Å². The standard InChI is InChI=1S/C26H30N2O3/c1-17(2)16-31-22-10-8-19(14-23(22)30-6)11-12-26-25(4,5)20-13-18(3)7-9-21(20)28(26)15-24(29)27-26/h7-14H,1,15-16H2,2-6H3,(H,27,29)/b12-11+/t26-/m1/s1. The number of fused-ring (bicyclic) bond motifs is 3. The Morgan fingerprint density at radius 1 is 1.23 bits per heavy atom. The maximum Gasteiger partial charge on any atom is 0.241 e. The lowest BCUT2D eigenvalue weighted by molar-refractivity contribution is -0.118. The van der Waals surface area contributed by atoms with Crippen LogP contribution in [0.3, 0.4) is 0 Å². The van der Waals surface area contributed by atoms with Gasteiger partial charge in [0.1, 0.15) is 12.3 Å². The molecule has 0 spiro atoms. The van der Waals surface area contributed by atoms with E-state index in [0.717, 1.165) is 16.8 Å². The van der Waals surface area contributed by atoms with E-state index in [1.807, 2.05) is 31.2 Å². The number of methoxy groups -OCH3 is 1. The molecule has 2 aliphatic heterocycles. The van der Waals surface area contributed by atoms with Crippen LogP contribution in [0.4, 0.5) is 5.69 Å². The van der Waals surface area contributed by atoms with E-state index in [1.165, 1.54) is 11.1 Å². The van der Waals surface area contributed by atoms with Gasteiger partial charge in [-0.2, -0.15) is 0 Å². The molecular formula is C26H30N2O3. The lowest BCUT2D eigenvalue weighted by atomic mass is 9.75. The normalized spacial score (nSPS) is 21.1. The highest BCUT2D eigenvalue weighted by Crippen LogP contribution is 2.53. The molecule has 0 radical (unpaired) electrons. The average molecular weight is 419 g/mol. The number of anilines is 1. The number of aryl methyl sites for hydroxylation is 1. The Labute approximate surface area is 184 Å². The van der Waals surface area contributed by atoms with Gasteiger partial charge in [-0.3, -0.25) is 4.79 Å². The fraction of sp³-hybridized carbons (Fsp3) is 0.346. The number of benzene rings is 2. The topological polar surface area (TPSA) is 50.8 Å². The van der Waals surface area contributed by atoms with Crippen LogP contribution in [-0.4, -0.2) is 31.8 Å². The summed E-state index contributed by atoms with van der Waals surface area (Å²) in [7, 11) is 1.63. The highest BCUT2D eigenvalue weighted by Gasteiger charge is 2.59. The van der Waals surface area contributed by atoms with Crippen LogP contribution in [0.5, 0.6) is 11.5 Å². The number of carbonyl (C=O) groups is 1. The third-order valence-electron chi connectivity index (χ3n) is 6.31. The van der Waals surface area contributed by atoms with Crippen molar-refractivity contribution in [2.75, 3.05) is 25.2 Å². The van der Waals surface area contributed by atoms with Crippen molar-refractivity contribution in [2.24, 2.45) is 0 Å². The second-order valence-corrected chi connectivity index (χ2v) is 9.04. The Balaban J connectivity index is 1.71. The molecular weight excluding hydrogens is 388 g/mol. The molecule has 4 rings (SSSR count). The lowest BCUT2D eigenvalue weighted by Crippen LogP contribution is -2.58. The molecule has 0 aromatic heterocycles. The summed E-state index contributed by atoms with van der Waals surface area (Å²) in [5.41, 5.74) is 4.57. The lowest BCUT2D eigenvalue weighted by Gasteiger charge is -2.40. The number of carbonyl (C=O) groups excluding carboxylic acids is 1. The summed E-state index contributed by atoms with van der Waals surface area (Å²) in [5.74, 6) is 1.38. The first kappa shape index (κ1) is 21.0. The van der Waals surface area contributed by atoms with Crippen molar-refractivity contribution in [1.29, 1.82) is 0 Å². The molecule has 1 fully saturated rings. The van der Waals surface area contributed by atoms with Crippen LogP contribution in [0, 0.1) is 6.92 Å². The zero-order valence-corrected chi connectivity index (χ0v) is 18.9. The molecule has 5 heteroatoms. The molecule has 162 valence electrons. The van der Waals surface area contributed by atoms with Gasteiger partial charge in [0.2, 0.25) is 5.91 Å². The number of ether oxygens (including phenoxy) is 2. The van der Waals surface area contributed by atoms with Crippen molar-refractivity contribution in [1.82, 2.24) is 5.32 Å². The molecule has 31 heavy (non-hydrogen) atoms. The Kier molecular flexibility index (Phi) is 5.08. The zero-order valence-electron chi connectivity index (χ0n) is 18.9. The molecule has 1 amide bonds. The van der Waals surface area contributed by atoms with Gasteiger partial charge < -0.3 is 19.7 Å². The first-order valence-electron chi connectivity index (χ1n) is 10.5. The summed E-state index contributed by atoms with van der Waals surface area (Å²) < 4.78 is 11.3. The summed E-state index contributed by atoms with van der Waals surface area (Å²) in [6, 6.07) is 12.3. The maximum atomic E-state index is 12.5.